The minimum atomic E-state index is 0.399. The number of nitrogens with one attached hydrogen (secondary N) is 1. The number of ether oxygens (including phenoxy) is 1. The summed E-state index contributed by atoms with van der Waals surface area (Å²) >= 11 is 0. The molecule has 0 aliphatic heterocycles. The second kappa shape index (κ2) is 9.05. The minimum Gasteiger partial charge on any atom is -0.380 e. The highest BCUT2D eigenvalue weighted by atomic mass is 16.5. The Hall–Kier alpha value is -2.37. The molecule has 0 bridgehead atoms. The number of hydrogen-bond acceptors (Lipinski definition) is 3. The maximum Gasteiger partial charge on any atom is 0.193 e. The molecular formula is C19H26N4O. The van der Waals surface area contributed by atoms with E-state index in [0.29, 0.717) is 19.1 Å². The van der Waals surface area contributed by atoms with Gasteiger partial charge in [0.05, 0.1) is 13.2 Å². The Morgan fingerprint density at radius 1 is 1.08 bits per heavy atom. The Labute approximate surface area is 144 Å². The highest BCUT2D eigenvalue weighted by Crippen LogP contribution is 2.15. The number of nitrogens with two attached hydrogens (primary N) is 1. The van der Waals surface area contributed by atoms with E-state index in [1.165, 1.54) is 5.56 Å². The number of nitrogens with zero attached hydrogens (tertiary/aromatic N) is 2. The minimum absolute atomic E-state index is 0.399. The van der Waals surface area contributed by atoms with Crippen LogP contribution >= 0.6 is 0 Å². The molecule has 0 heterocycles. The van der Waals surface area contributed by atoms with Crippen molar-refractivity contribution in [2.75, 3.05) is 26.5 Å². The van der Waals surface area contributed by atoms with Gasteiger partial charge in [0.1, 0.15) is 0 Å². The van der Waals surface area contributed by atoms with Crippen LogP contribution in [0.4, 0.5) is 5.69 Å². The zero-order valence-corrected chi connectivity index (χ0v) is 14.6. The molecule has 2 aromatic carbocycles. The second-order valence-corrected chi connectivity index (χ2v) is 5.97. The van der Waals surface area contributed by atoms with Crippen LogP contribution in [-0.4, -0.2) is 32.1 Å². The van der Waals surface area contributed by atoms with Gasteiger partial charge in [0.25, 0.3) is 0 Å². The molecular weight excluding hydrogens is 300 g/mol. The van der Waals surface area contributed by atoms with Gasteiger partial charge in [-0.1, -0.05) is 42.5 Å². The number of para-hydroxylation sites is 1. The first-order valence-electron chi connectivity index (χ1n) is 7.95. The van der Waals surface area contributed by atoms with Gasteiger partial charge in [-0.2, -0.15) is 0 Å². The molecule has 0 saturated carbocycles. The van der Waals surface area contributed by atoms with E-state index >= 15 is 0 Å². The topological polar surface area (TPSA) is 62.9 Å². The fraction of sp³-hybridized carbons (Fsp3) is 0.316. The lowest BCUT2D eigenvalue weighted by atomic mass is 10.1. The normalized spacial score (nSPS) is 11.8. The molecule has 2 aromatic rings. The van der Waals surface area contributed by atoms with Gasteiger partial charge in [0, 0.05) is 24.9 Å². The van der Waals surface area contributed by atoms with Gasteiger partial charge in [-0.25, -0.2) is 4.99 Å². The predicted molar refractivity (Wildman–Crippen MR) is 99.9 cm³/mol. The van der Waals surface area contributed by atoms with Crippen molar-refractivity contribution in [3.63, 3.8) is 0 Å². The number of guanidine groups is 1. The lowest BCUT2D eigenvalue weighted by Gasteiger charge is -2.11. The van der Waals surface area contributed by atoms with Crippen LogP contribution in [0.15, 0.2) is 53.5 Å². The number of hydrogen-bond donors (Lipinski definition) is 2. The van der Waals surface area contributed by atoms with Gasteiger partial charge in [0.15, 0.2) is 5.96 Å². The maximum atomic E-state index is 6.01. The van der Waals surface area contributed by atoms with Crippen molar-refractivity contribution in [3.05, 3.63) is 65.2 Å². The molecule has 0 saturated heterocycles. The van der Waals surface area contributed by atoms with Crippen LogP contribution in [0.5, 0.6) is 0 Å². The molecule has 0 aliphatic carbocycles. The summed E-state index contributed by atoms with van der Waals surface area (Å²) in [4.78, 5) is 6.56. The predicted octanol–water partition coefficient (Wildman–Crippen LogP) is 2.82. The van der Waals surface area contributed by atoms with Gasteiger partial charge in [-0.3, -0.25) is 0 Å². The molecule has 0 spiro atoms. The Bertz CT molecular complexity index is 665. The summed E-state index contributed by atoms with van der Waals surface area (Å²) in [5.41, 5.74) is 10.4. The van der Waals surface area contributed by atoms with Crippen LogP contribution in [0.2, 0.25) is 0 Å². The molecule has 3 N–H and O–H groups in total. The van der Waals surface area contributed by atoms with E-state index < -0.39 is 0 Å². The van der Waals surface area contributed by atoms with E-state index in [1.807, 2.05) is 24.3 Å². The lowest BCUT2D eigenvalue weighted by Crippen LogP contribution is -2.23. The van der Waals surface area contributed by atoms with E-state index in [0.717, 1.165) is 23.4 Å². The molecule has 128 valence electrons. The monoisotopic (exact) mass is 326 g/mol. The molecule has 2 rings (SSSR count). The standard InChI is InChI=1S/C19H26N4O/c1-23(2)13-16-10-8-15(9-11-16)12-21-19(20)22-18-7-5-4-6-17(18)14-24-3/h4-11H,12-14H2,1-3H3,(H3,20,21,22). The number of methoxy groups -OCH3 is 1. The van der Waals surface area contributed by atoms with Gasteiger partial charge < -0.3 is 20.7 Å². The zero-order valence-electron chi connectivity index (χ0n) is 14.6. The first-order valence-corrected chi connectivity index (χ1v) is 7.95. The number of benzene rings is 2. The maximum absolute atomic E-state index is 6.01. The van der Waals surface area contributed by atoms with Crippen molar-refractivity contribution in [1.29, 1.82) is 0 Å². The van der Waals surface area contributed by atoms with Crippen LogP contribution in [0, 0.1) is 0 Å². The summed E-state index contributed by atoms with van der Waals surface area (Å²) < 4.78 is 5.19. The van der Waals surface area contributed by atoms with E-state index in [1.54, 1.807) is 7.11 Å². The molecule has 0 aromatic heterocycles. The Morgan fingerprint density at radius 2 is 1.75 bits per heavy atom. The second-order valence-electron chi connectivity index (χ2n) is 5.97. The van der Waals surface area contributed by atoms with Crippen LogP contribution in [0.25, 0.3) is 0 Å². The molecule has 24 heavy (non-hydrogen) atoms. The molecule has 5 heteroatoms. The summed E-state index contributed by atoms with van der Waals surface area (Å²) in [7, 11) is 5.80. The van der Waals surface area contributed by atoms with Gasteiger partial charge in [-0.15, -0.1) is 0 Å². The van der Waals surface area contributed by atoms with Gasteiger partial charge in [0.2, 0.25) is 0 Å². The van der Waals surface area contributed by atoms with E-state index in [-0.39, 0.29) is 0 Å². The summed E-state index contributed by atoms with van der Waals surface area (Å²) in [5.74, 6) is 0.399. The van der Waals surface area contributed by atoms with Crippen LogP contribution in [-0.2, 0) is 24.4 Å². The summed E-state index contributed by atoms with van der Waals surface area (Å²) in [6.45, 7) is 2.01. The van der Waals surface area contributed by atoms with Crippen molar-refractivity contribution >= 4 is 11.6 Å². The summed E-state index contributed by atoms with van der Waals surface area (Å²) in [5, 5.41) is 3.14. The molecule has 0 amide bonds. The van der Waals surface area contributed by atoms with Crippen molar-refractivity contribution in [2.24, 2.45) is 10.7 Å². The van der Waals surface area contributed by atoms with Gasteiger partial charge in [-0.05, 0) is 31.3 Å². The Balaban J connectivity index is 1.96. The van der Waals surface area contributed by atoms with Crippen molar-refractivity contribution < 1.29 is 4.74 Å². The Morgan fingerprint density at radius 3 is 2.42 bits per heavy atom. The molecule has 5 nitrogen and oxygen atoms in total. The van der Waals surface area contributed by atoms with Gasteiger partial charge >= 0.3 is 0 Å². The molecule has 0 unspecified atom stereocenters. The molecule has 0 aliphatic rings. The van der Waals surface area contributed by atoms with E-state index in [4.69, 9.17) is 10.5 Å². The molecule has 0 radical (unpaired) electrons. The number of aliphatic imine (C=N–C) groups is 1. The van der Waals surface area contributed by atoms with Crippen molar-refractivity contribution in [3.8, 4) is 0 Å². The third-order valence-electron chi connectivity index (χ3n) is 3.53. The highest BCUT2D eigenvalue weighted by Gasteiger charge is 2.02. The van der Waals surface area contributed by atoms with Crippen LogP contribution in [0.1, 0.15) is 16.7 Å². The lowest BCUT2D eigenvalue weighted by molar-refractivity contribution is 0.185. The number of rotatable bonds is 7. The molecule has 0 fully saturated rings. The van der Waals surface area contributed by atoms with Crippen LogP contribution < -0.4 is 11.1 Å². The third-order valence-corrected chi connectivity index (χ3v) is 3.53. The Kier molecular flexibility index (Phi) is 6.78. The first-order chi connectivity index (χ1) is 11.6. The van der Waals surface area contributed by atoms with E-state index in [9.17, 15) is 0 Å². The third kappa shape index (κ3) is 5.68. The zero-order chi connectivity index (χ0) is 17.4. The highest BCUT2D eigenvalue weighted by molar-refractivity contribution is 5.92. The SMILES string of the molecule is COCc1ccccc1NC(N)=NCc1ccc(CN(C)C)cc1. The summed E-state index contributed by atoms with van der Waals surface area (Å²) in [6.07, 6.45) is 0. The number of anilines is 1. The fourth-order valence-electron chi connectivity index (χ4n) is 2.39. The first kappa shape index (κ1) is 18.0. The average Bonchev–Trinajstić information content (AvgIpc) is 2.56. The van der Waals surface area contributed by atoms with Crippen molar-refractivity contribution in [2.45, 2.75) is 19.7 Å². The fourth-order valence-corrected chi connectivity index (χ4v) is 2.39. The smallest absolute Gasteiger partial charge is 0.193 e. The van der Waals surface area contributed by atoms with E-state index in [2.05, 4.69) is 53.6 Å². The quantitative estimate of drug-likeness (QED) is 0.607. The summed E-state index contributed by atoms with van der Waals surface area (Å²) in [6, 6.07) is 16.3. The largest absolute Gasteiger partial charge is 0.380 e. The average molecular weight is 326 g/mol. The molecule has 0 atom stereocenters. The van der Waals surface area contributed by atoms with Crippen molar-refractivity contribution in [1.82, 2.24) is 4.90 Å². The van der Waals surface area contributed by atoms with Crippen LogP contribution in [0.3, 0.4) is 0 Å².